The van der Waals surface area contributed by atoms with E-state index >= 15 is 0 Å². The molecule has 0 aliphatic carbocycles. The Hall–Kier alpha value is -2.30. The Bertz CT molecular complexity index is 602. The molecule has 1 fully saturated rings. The summed E-state index contributed by atoms with van der Waals surface area (Å²) in [6, 6.07) is 10.0. The molecular formula is C16H20N4O. The maximum atomic E-state index is 12.0. The van der Waals surface area contributed by atoms with E-state index in [2.05, 4.69) is 44.7 Å². The number of nitrogens with zero attached hydrogens (tertiary/aromatic N) is 2. The number of H-pyrrole nitrogens is 1. The van der Waals surface area contributed by atoms with Crippen LogP contribution in [0.2, 0.25) is 0 Å². The number of aromatic amines is 1. The summed E-state index contributed by atoms with van der Waals surface area (Å²) < 4.78 is 0. The van der Waals surface area contributed by atoms with Crippen molar-refractivity contribution in [2.24, 2.45) is 0 Å². The lowest BCUT2D eigenvalue weighted by Crippen LogP contribution is -2.27. The van der Waals surface area contributed by atoms with Crippen molar-refractivity contribution in [3.05, 3.63) is 47.8 Å². The Labute approximate surface area is 124 Å². The molecule has 0 radical (unpaired) electrons. The van der Waals surface area contributed by atoms with Crippen LogP contribution in [0.5, 0.6) is 0 Å². The summed E-state index contributed by atoms with van der Waals surface area (Å²) >= 11 is 0. The molecular weight excluding hydrogens is 264 g/mol. The Kier molecular flexibility index (Phi) is 3.90. The zero-order chi connectivity index (χ0) is 14.7. The average Bonchev–Trinajstić information content (AvgIpc) is 3.20. The second-order valence-corrected chi connectivity index (χ2v) is 5.45. The standard InChI is InChI=1S/C16H20N4O/c1-12(18-16(21)15-7-8-17-19-15)13-5-4-6-14(11-13)20-9-2-3-10-20/h4-8,11-12H,2-3,9-10H2,1H3,(H,17,19)(H,18,21)/t12-/m1/s1. The van der Waals surface area contributed by atoms with Gasteiger partial charge in [-0.2, -0.15) is 5.10 Å². The number of carbonyl (C=O) groups is 1. The predicted molar refractivity (Wildman–Crippen MR) is 82.4 cm³/mol. The smallest absolute Gasteiger partial charge is 0.269 e. The van der Waals surface area contributed by atoms with E-state index in [1.165, 1.54) is 18.5 Å². The molecule has 5 heteroatoms. The Balaban J connectivity index is 1.70. The number of benzene rings is 1. The third kappa shape index (κ3) is 3.07. The molecule has 2 heterocycles. The van der Waals surface area contributed by atoms with Crippen LogP contribution in [0.1, 0.15) is 41.9 Å². The molecule has 0 bridgehead atoms. The lowest BCUT2D eigenvalue weighted by Gasteiger charge is -2.20. The first-order valence-electron chi connectivity index (χ1n) is 7.39. The van der Waals surface area contributed by atoms with Gasteiger partial charge in [0.2, 0.25) is 0 Å². The largest absolute Gasteiger partial charge is 0.372 e. The van der Waals surface area contributed by atoms with E-state index < -0.39 is 0 Å². The SMILES string of the molecule is C[C@@H](NC(=O)c1ccn[nH]1)c1cccc(N2CCCC2)c1. The highest BCUT2D eigenvalue weighted by Crippen LogP contribution is 2.24. The number of amides is 1. The Morgan fingerprint density at radius 1 is 1.33 bits per heavy atom. The van der Waals surface area contributed by atoms with E-state index in [4.69, 9.17) is 0 Å². The van der Waals surface area contributed by atoms with Crippen molar-refractivity contribution in [2.45, 2.75) is 25.8 Å². The van der Waals surface area contributed by atoms with Gasteiger partial charge in [0.05, 0.1) is 6.04 Å². The van der Waals surface area contributed by atoms with E-state index in [9.17, 15) is 4.79 Å². The van der Waals surface area contributed by atoms with Gasteiger partial charge in [-0.3, -0.25) is 9.89 Å². The van der Waals surface area contributed by atoms with E-state index in [1.54, 1.807) is 12.3 Å². The fourth-order valence-electron chi connectivity index (χ4n) is 2.71. The van der Waals surface area contributed by atoms with Gasteiger partial charge in [-0.25, -0.2) is 0 Å². The zero-order valence-corrected chi connectivity index (χ0v) is 12.2. The van der Waals surface area contributed by atoms with Crippen molar-refractivity contribution in [1.29, 1.82) is 0 Å². The quantitative estimate of drug-likeness (QED) is 0.907. The second kappa shape index (κ2) is 5.99. The highest BCUT2D eigenvalue weighted by molar-refractivity contribution is 5.92. The summed E-state index contributed by atoms with van der Waals surface area (Å²) in [6.07, 6.45) is 4.10. The monoisotopic (exact) mass is 284 g/mol. The number of anilines is 1. The maximum Gasteiger partial charge on any atom is 0.269 e. The van der Waals surface area contributed by atoms with Crippen LogP contribution in [0.4, 0.5) is 5.69 Å². The number of hydrogen-bond donors (Lipinski definition) is 2. The average molecular weight is 284 g/mol. The molecule has 1 atom stereocenters. The molecule has 5 nitrogen and oxygen atoms in total. The molecule has 0 spiro atoms. The van der Waals surface area contributed by atoms with Gasteiger partial charge >= 0.3 is 0 Å². The van der Waals surface area contributed by atoms with Gasteiger partial charge in [-0.05, 0) is 43.5 Å². The minimum Gasteiger partial charge on any atom is -0.372 e. The van der Waals surface area contributed by atoms with Gasteiger partial charge in [-0.15, -0.1) is 0 Å². The van der Waals surface area contributed by atoms with Crippen LogP contribution in [0.15, 0.2) is 36.5 Å². The molecule has 2 N–H and O–H groups in total. The lowest BCUT2D eigenvalue weighted by molar-refractivity contribution is 0.0935. The molecule has 1 aliphatic heterocycles. The van der Waals surface area contributed by atoms with Crippen LogP contribution in [0, 0.1) is 0 Å². The van der Waals surface area contributed by atoms with Gasteiger partial charge < -0.3 is 10.2 Å². The summed E-state index contributed by atoms with van der Waals surface area (Å²) in [5.74, 6) is -0.133. The van der Waals surface area contributed by atoms with Crippen LogP contribution < -0.4 is 10.2 Å². The second-order valence-electron chi connectivity index (χ2n) is 5.45. The molecule has 1 saturated heterocycles. The molecule has 2 aromatic rings. The van der Waals surface area contributed by atoms with Crippen molar-refractivity contribution in [2.75, 3.05) is 18.0 Å². The van der Waals surface area contributed by atoms with Gasteiger partial charge in [0, 0.05) is 25.0 Å². The Morgan fingerprint density at radius 2 is 2.14 bits per heavy atom. The normalized spacial score (nSPS) is 16.0. The summed E-state index contributed by atoms with van der Waals surface area (Å²) in [5.41, 5.74) is 2.84. The van der Waals surface area contributed by atoms with Crippen molar-refractivity contribution < 1.29 is 4.79 Å². The first-order chi connectivity index (χ1) is 10.2. The van der Waals surface area contributed by atoms with E-state index in [0.717, 1.165) is 18.7 Å². The van der Waals surface area contributed by atoms with Crippen LogP contribution in [0.3, 0.4) is 0 Å². The zero-order valence-electron chi connectivity index (χ0n) is 12.2. The third-order valence-corrected chi connectivity index (χ3v) is 3.93. The highest BCUT2D eigenvalue weighted by Gasteiger charge is 2.15. The van der Waals surface area contributed by atoms with E-state index in [1.807, 2.05) is 6.92 Å². The number of hydrogen-bond acceptors (Lipinski definition) is 3. The molecule has 21 heavy (non-hydrogen) atoms. The molecule has 1 aromatic carbocycles. The molecule has 0 unspecified atom stereocenters. The fraction of sp³-hybridized carbons (Fsp3) is 0.375. The first kappa shape index (κ1) is 13.7. The predicted octanol–water partition coefficient (Wildman–Crippen LogP) is 2.50. The highest BCUT2D eigenvalue weighted by atomic mass is 16.2. The van der Waals surface area contributed by atoms with Gasteiger partial charge in [0.15, 0.2) is 0 Å². The van der Waals surface area contributed by atoms with Crippen molar-refractivity contribution in [3.63, 3.8) is 0 Å². The van der Waals surface area contributed by atoms with Gasteiger partial charge in [-0.1, -0.05) is 12.1 Å². The lowest BCUT2D eigenvalue weighted by atomic mass is 10.1. The number of aromatic nitrogens is 2. The fourth-order valence-corrected chi connectivity index (χ4v) is 2.71. The molecule has 110 valence electrons. The van der Waals surface area contributed by atoms with Crippen LogP contribution in [-0.2, 0) is 0 Å². The summed E-state index contributed by atoms with van der Waals surface area (Å²) in [4.78, 5) is 14.4. The van der Waals surface area contributed by atoms with Crippen molar-refractivity contribution in [1.82, 2.24) is 15.5 Å². The van der Waals surface area contributed by atoms with Gasteiger partial charge in [0.1, 0.15) is 5.69 Å². The first-order valence-corrected chi connectivity index (χ1v) is 7.39. The molecule has 1 amide bonds. The van der Waals surface area contributed by atoms with Gasteiger partial charge in [0.25, 0.3) is 5.91 Å². The van der Waals surface area contributed by atoms with E-state index in [0.29, 0.717) is 5.69 Å². The number of carbonyl (C=O) groups excluding carboxylic acids is 1. The number of nitrogens with one attached hydrogen (secondary N) is 2. The minimum absolute atomic E-state index is 0.0386. The third-order valence-electron chi connectivity index (χ3n) is 3.93. The molecule has 1 aliphatic rings. The molecule has 3 rings (SSSR count). The van der Waals surface area contributed by atoms with Crippen molar-refractivity contribution in [3.8, 4) is 0 Å². The number of rotatable bonds is 4. The maximum absolute atomic E-state index is 12.0. The molecule has 0 saturated carbocycles. The minimum atomic E-state index is -0.133. The summed E-state index contributed by atoms with van der Waals surface area (Å²) in [6.45, 7) is 4.24. The topological polar surface area (TPSA) is 61.0 Å². The van der Waals surface area contributed by atoms with Crippen LogP contribution >= 0.6 is 0 Å². The molecule has 1 aromatic heterocycles. The van der Waals surface area contributed by atoms with E-state index in [-0.39, 0.29) is 11.9 Å². The van der Waals surface area contributed by atoms with Crippen LogP contribution in [-0.4, -0.2) is 29.2 Å². The van der Waals surface area contributed by atoms with Crippen molar-refractivity contribution >= 4 is 11.6 Å². The summed E-state index contributed by atoms with van der Waals surface area (Å²) in [5, 5.41) is 9.46. The summed E-state index contributed by atoms with van der Waals surface area (Å²) in [7, 11) is 0. The van der Waals surface area contributed by atoms with Crippen LogP contribution in [0.25, 0.3) is 0 Å². The Morgan fingerprint density at radius 3 is 2.86 bits per heavy atom.